The van der Waals surface area contributed by atoms with Gasteiger partial charge >= 0.3 is 0 Å². The van der Waals surface area contributed by atoms with Crippen molar-refractivity contribution in [3.63, 3.8) is 0 Å². The monoisotopic (exact) mass is 394 g/mol. The number of amides is 2. The molecule has 0 unspecified atom stereocenters. The number of nitrogens with zero attached hydrogens (tertiary/aromatic N) is 2. The summed E-state index contributed by atoms with van der Waals surface area (Å²) in [6.07, 6.45) is 0. The molecule has 2 saturated heterocycles. The van der Waals surface area contributed by atoms with Crippen LogP contribution in [0.15, 0.2) is 48.5 Å². The molecule has 6 heteroatoms. The van der Waals surface area contributed by atoms with Gasteiger partial charge < -0.3 is 19.3 Å². The molecule has 2 aromatic rings. The first-order valence-electron chi connectivity index (χ1n) is 9.87. The lowest BCUT2D eigenvalue weighted by Gasteiger charge is -2.29. The summed E-state index contributed by atoms with van der Waals surface area (Å²) in [7, 11) is 3.14. The van der Waals surface area contributed by atoms with Crippen LogP contribution in [0.1, 0.15) is 28.9 Å². The summed E-state index contributed by atoms with van der Waals surface area (Å²) < 4.78 is 10.7. The quantitative estimate of drug-likeness (QED) is 0.800. The fraction of sp³-hybridized carbons (Fsp3) is 0.391. The molecule has 2 fully saturated rings. The summed E-state index contributed by atoms with van der Waals surface area (Å²) >= 11 is 0. The van der Waals surface area contributed by atoms with Crippen molar-refractivity contribution in [3.05, 3.63) is 59.7 Å². The van der Waals surface area contributed by atoms with Crippen LogP contribution in [0.3, 0.4) is 0 Å². The van der Waals surface area contributed by atoms with Crippen molar-refractivity contribution >= 4 is 11.8 Å². The zero-order valence-corrected chi connectivity index (χ0v) is 17.0. The van der Waals surface area contributed by atoms with E-state index in [4.69, 9.17) is 9.47 Å². The number of rotatable bonds is 4. The van der Waals surface area contributed by atoms with Crippen LogP contribution in [-0.4, -0.2) is 55.5 Å². The van der Waals surface area contributed by atoms with E-state index >= 15 is 0 Å². The standard InChI is InChI=1S/C23H26N2O4/c1-15(26)25-13-17-12-24(14-20(17)22(25)16-7-5-4-6-8-16)23(27)19-10-9-18(28-2)11-21(19)29-3/h4-11,17,20,22H,12-14H2,1-3H3/t17-,20-,22+/m1/s1. The first-order valence-corrected chi connectivity index (χ1v) is 9.87. The lowest BCUT2D eigenvalue weighted by atomic mass is 9.89. The summed E-state index contributed by atoms with van der Waals surface area (Å²) in [4.78, 5) is 29.4. The first kappa shape index (κ1) is 19.3. The predicted octanol–water partition coefficient (Wildman–Crippen LogP) is 3.00. The van der Waals surface area contributed by atoms with E-state index in [-0.39, 0.29) is 29.7 Å². The van der Waals surface area contributed by atoms with Gasteiger partial charge in [-0.05, 0) is 17.7 Å². The molecule has 2 aromatic carbocycles. The molecule has 0 spiro atoms. The van der Waals surface area contributed by atoms with Gasteiger partial charge in [-0.3, -0.25) is 9.59 Å². The number of hydrogen-bond donors (Lipinski definition) is 0. The molecule has 0 N–H and O–H groups in total. The van der Waals surface area contributed by atoms with Crippen molar-refractivity contribution in [1.82, 2.24) is 9.80 Å². The molecule has 4 rings (SSSR count). The van der Waals surface area contributed by atoms with Crippen LogP contribution in [0.2, 0.25) is 0 Å². The second-order valence-corrected chi connectivity index (χ2v) is 7.73. The van der Waals surface area contributed by atoms with Gasteiger partial charge in [0.05, 0.1) is 25.8 Å². The highest BCUT2D eigenvalue weighted by Gasteiger charge is 2.49. The zero-order chi connectivity index (χ0) is 20.5. The van der Waals surface area contributed by atoms with Crippen molar-refractivity contribution in [2.75, 3.05) is 33.9 Å². The summed E-state index contributed by atoms with van der Waals surface area (Å²) in [5.41, 5.74) is 1.67. The minimum atomic E-state index is -0.0416. The van der Waals surface area contributed by atoms with E-state index in [0.717, 1.165) is 5.56 Å². The van der Waals surface area contributed by atoms with Gasteiger partial charge in [0.25, 0.3) is 5.91 Å². The average Bonchev–Trinajstić information content (AvgIpc) is 3.31. The van der Waals surface area contributed by atoms with Crippen molar-refractivity contribution in [2.24, 2.45) is 11.8 Å². The van der Waals surface area contributed by atoms with E-state index in [0.29, 0.717) is 36.7 Å². The summed E-state index contributed by atoms with van der Waals surface area (Å²) in [5.74, 6) is 1.71. The van der Waals surface area contributed by atoms with Gasteiger partial charge in [-0.1, -0.05) is 30.3 Å². The second-order valence-electron chi connectivity index (χ2n) is 7.73. The first-order chi connectivity index (χ1) is 14.0. The molecule has 0 saturated carbocycles. The molecule has 152 valence electrons. The number of hydrogen-bond acceptors (Lipinski definition) is 4. The molecule has 6 nitrogen and oxygen atoms in total. The maximum Gasteiger partial charge on any atom is 0.257 e. The Kier molecular flexibility index (Phi) is 5.18. The van der Waals surface area contributed by atoms with E-state index in [9.17, 15) is 9.59 Å². The summed E-state index contributed by atoms with van der Waals surface area (Å²) in [6.45, 7) is 3.58. The third kappa shape index (κ3) is 3.43. The molecule has 2 amide bonds. The minimum absolute atomic E-state index is 0.00858. The third-order valence-corrected chi connectivity index (χ3v) is 6.14. The molecule has 0 bridgehead atoms. The van der Waals surface area contributed by atoms with Gasteiger partial charge in [0.15, 0.2) is 0 Å². The topological polar surface area (TPSA) is 59.1 Å². The third-order valence-electron chi connectivity index (χ3n) is 6.14. The molecule has 0 aliphatic carbocycles. The highest BCUT2D eigenvalue weighted by Crippen LogP contribution is 2.45. The highest BCUT2D eigenvalue weighted by molar-refractivity contribution is 5.97. The van der Waals surface area contributed by atoms with E-state index in [1.54, 1.807) is 39.3 Å². The molecule has 29 heavy (non-hydrogen) atoms. The SMILES string of the molecule is COc1ccc(C(=O)N2C[C@@H]3CN(C(C)=O)[C@@H](c4ccccc4)[C@@H]3C2)c(OC)c1. The Balaban J connectivity index is 1.59. The predicted molar refractivity (Wildman–Crippen MR) is 109 cm³/mol. The second kappa shape index (κ2) is 7.78. The molecule has 0 radical (unpaired) electrons. The number of fused-ring (bicyclic) bond motifs is 1. The number of carbonyl (C=O) groups excluding carboxylic acids is 2. The molecule has 0 aromatic heterocycles. The van der Waals surface area contributed by atoms with Crippen LogP contribution in [0.25, 0.3) is 0 Å². The van der Waals surface area contributed by atoms with Crippen LogP contribution in [0.4, 0.5) is 0 Å². The Morgan fingerprint density at radius 1 is 0.966 bits per heavy atom. The number of carbonyl (C=O) groups is 2. The largest absolute Gasteiger partial charge is 0.497 e. The number of benzene rings is 2. The van der Waals surface area contributed by atoms with Crippen molar-refractivity contribution in [2.45, 2.75) is 13.0 Å². The van der Waals surface area contributed by atoms with Gasteiger partial charge in [0.2, 0.25) is 5.91 Å². The lowest BCUT2D eigenvalue weighted by molar-refractivity contribution is -0.130. The Morgan fingerprint density at radius 2 is 1.72 bits per heavy atom. The Bertz CT molecular complexity index is 914. The Labute approximate surface area is 171 Å². The minimum Gasteiger partial charge on any atom is -0.497 e. The van der Waals surface area contributed by atoms with Crippen LogP contribution < -0.4 is 9.47 Å². The fourth-order valence-electron chi connectivity index (χ4n) is 4.76. The van der Waals surface area contributed by atoms with E-state index in [2.05, 4.69) is 12.1 Å². The van der Waals surface area contributed by atoms with Crippen molar-refractivity contribution < 1.29 is 19.1 Å². The normalized spacial score (nSPS) is 23.1. The van der Waals surface area contributed by atoms with E-state index in [1.165, 1.54) is 0 Å². The smallest absolute Gasteiger partial charge is 0.257 e. The number of likely N-dealkylation sites (tertiary alicyclic amines) is 2. The lowest BCUT2D eigenvalue weighted by Crippen LogP contribution is -2.36. The molecule has 2 aliphatic heterocycles. The van der Waals surface area contributed by atoms with E-state index in [1.807, 2.05) is 28.0 Å². The molecule has 2 aliphatic rings. The molecule has 2 heterocycles. The Hall–Kier alpha value is -3.02. The fourth-order valence-corrected chi connectivity index (χ4v) is 4.76. The summed E-state index contributed by atoms with van der Waals surface area (Å²) in [5, 5.41) is 0. The molecular weight excluding hydrogens is 368 g/mol. The van der Waals surface area contributed by atoms with Crippen LogP contribution in [0, 0.1) is 11.8 Å². The zero-order valence-electron chi connectivity index (χ0n) is 17.0. The maximum atomic E-state index is 13.2. The molecular formula is C23H26N2O4. The van der Waals surface area contributed by atoms with Crippen LogP contribution >= 0.6 is 0 Å². The van der Waals surface area contributed by atoms with Gasteiger partial charge in [-0.15, -0.1) is 0 Å². The van der Waals surface area contributed by atoms with Crippen molar-refractivity contribution in [3.8, 4) is 11.5 Å². The average molecular weight is 394 g/mol. The molecule has 3 atom stereocenters. The number of methoxy groups -OCH3 is 2. The van der Waals surface area contributed by atoms with Crippen LogP contribution in [0.5, 0.6) is 11.5 Å². The van der Waals surface area contributed by atoms with Crippen LogP contribution in [-0.2, 0) is 4.79 Å². The van der Waals surface area contributed by atoms with Gasteiger partial charge in [0.1, 0.15) is 11.5 Å². The Morgan fingerprint density at radius 3 is 2.38 bits per heavy atom. The van der Waals surface area contributed by atoms with Gasteiger partial charge in [0, 0.05) is 44.5 Å². The van der Waals surface area contributed by atoms with Gasteiger partial charge in [-0.2, -0.15) is 0 Å². The van der Waals surface area contributed by atoms with E-state index < -0.39 is 0 Å². The number of ether oxygens (including phenoxy) is 2. The van der Waals surface area contributed by atoms with Crippen molar-refractivity contribution in [1.29, 1.82) is 0 Å². The highest BCUT2D eigenvalue weighted by atomic mass is 16.5. The summed E-state index contributed by atoms with van der Waals surface area (Å²) in [6, 6.07) is 15.4. The maximum absolute atomic E-state index is 13.2. The van der Waals surface area contributed by atoms with Gasteiger partial charge in [-0.25, -0.2) is 0 Å².